The molecule has 2 aromatic heterocycles. The SMILES string of the molecule is CC(C)c1cc2oc(C=C3C(=O)c4cc5ccccc5cc4C3=O)cc2s1. The first-order chi connectivity index (χ1) is 13.0. The minimum absolute atomic E-state index is 0.172. The lowest BCUT2D eigenvalue weighted by Crippen LogP contribution is -1.99. The van der Waals surface area contributed by atoms with Gasteiger partial charge in [-0.25, -0.2) is 0 Å². The van der Waals surface area contributed by atoms with E-state index in [-0.39, 0.29) is 17.1 Å². The fourth-order valence-electron chi connectivity index (χ4n) is 3.51. The number of furan rings is 1. The maximum atomic E-state index is 12.8. The fraction of sp³-hybridized carbons (Fsp3) is 0.130. The molecule has 1 aliphatic rings. The van der Waals surface area contributed by atoms with Crippen molar-refractivity contribution in [2.75, 3.05) is 0 Å². The second-order valence-electron chi connectivity index (χ2n) is 7.14. The molecule has 3 nitrogen and oxygen atoms in total. The molecule has 0 saturated carbocycles. The van der Waals surface area contributed by atoms with E-state index < -0.39 is 0 Å². The highest BCUT2D eigenvalue weighted by Crippen LogP contribution is 2.35. The number of ketones is 2. The third kappa shape index (κ3) is 2.48. The molecule has 0 fully saturated rings. The number of hydrogen-bond acceptors (Lipinski definition) is 4. The summed E-state index contributed by atoms with van der Waals surface area (Å²) in [6.45, 7) is 4.29. The van der Waals surface area contributed by atoms with E-state index in [4.69, 9.17) is 4.42 Å². The van der Waals surface area contributed by atoms with Crippen LogP contribution in [0, 0.1) is 0 Å². The number of carbonyl (C=O) groups excluding carboxylic acids is 2. The number of rotatable bonds is 2. The smallest absolute Gasteiger partial charge is 0.197 e. The Kier molecular flexibility index (Phi) is 3.46. The maximum Gasteiger partial charge on any atom is 0.197 e. The standard InChI is InChI=1S/C23H16O3S/c1-12(2)20-11-19-21(27-20)10-15(26-19)9-18-22(24)16-7-13-5-3-4-6-14(13)8-17(16)23(18)25/h3-12H,1-2H3. The number of Topliss-reactive ketones (excluding diaryl/α,β-unsaturated/α-hetero) is 2. The van der Waals surface area contributed by atoms with Crippen LogP contribution in [0.2, 0.25) is 0 Å². The zero-order valence-corrected chi connectivity index (χ0v) is 15.7. The Labute approximate surface area is 159 Å². The zero-order valence-electron chi connectivity index (χ0n) is 14.9. The molecule has 0 radical (unpaired) electrons. The molecule has 0 bridgehead atoms. The van der Waals surface area contributed by atoms with Gasteiger partial charge >= 0.3 is 0 Å². The van der Waals surface area contributed by atoms with Gasteiger partial charge in [0, 0.05) is 22.1 Å². The average Bonchev–Trinajstić information content (AvgIpc) is 3.28. The van der Waals surface area contributed by atoms with Crippen molar-refractivity contribution in [1.29, 1.82) is 0 Å². The lowest BCUT2D eigenvalue weighted by molar-refractivity contribution is 0.0990. The van der Waals surface area contributed by atoms with Gasteiger partial charge < -0.3 is 4.42 Å². The van der Waals surface area contributed by atoms with Crippen molar-refractivity contribution >= 4 is 50.0 Å². The van der Waals surface area contributed by atoms with Crippen LogP contribution in [0.25, 0.3) is 27.1 Å². The summed E-state index contributed by atoms with van der Waals surface area (Å²) in [5.74, 6) is 0.522. The number of hydrogen-bond donors (Lipinski definition) is 0. The van der Waals surface area contributed by atoms with Crippen molar-refractivity contribution < 1.29 is 14.0 Å². The zero-order chi connectivity index (χ0) is 18.7. The van der Waals surface area contributed by atoms with Gasteiger partial charge in [0.25, 0.3) is 0 Å². The Bertz CT molecular complexity index is 1200. The average molecular weight is 372 g/mol. The Balaban J connectivity index is 1.58. The van der Waals surface area contributed by atoms with Crippen molar-refractivity contribution in [3.63, 3.8) is 0 Å². The van der Waals surface area contributed by atoms with Gasteiger partial charge in [-0.15, -0.1) is 11.3 Å². The van der Waals surface area contributed by atoms with E-state index in [1.807, 2.05) is 36.4 Å². The molecule has 0 unspecified atom stereocenters. The number of thiophene rings is 1. The molecule has 132 valence electrons. The van der Waals surface area contributed by atoms with Crippen LogP contribution >= 0.6 is 11.3 Å². The normalized spacial score (nSPS) is 14.0. The first-order valence-electron chi connectivity index (χ1n) is 8.88. The Morgan fingerprint density at radius 3 is 2.11 bits per heavy atom. The van der Waals surface area contributed by atoms with Crippen LogP contribution in [0.5, 0.6) is 0 Å². The number of allylic oxidation sites excluding steroid dienone is 1. The fourth-order valence-corrected chi connectivity index (χ4v) is 4.54. The Morgan fingerprint density at radius 2 is 1.56 bits per heavy atom. The monoisotopic (exact) mass is 372 g/mol. The van der Waals surface area contributed by atoms with Crippen LogP contribution in [0.15, 0.2) is 58.5 Å². The van der Waals surface area contributed by atoms with E-state index in [0.29, 0.717) is 22.8 Å². The molecule has 27 heavy (non-hydrogen) atoms. The molecular weight excluding hydrogens is 356 g/mol. The Hall–Kier alpha value is -2.98. The van der Waals surface area contributed by atoms with Gasteiger partial charge in [-0.3, -0.25) is 9.59 Å². The van der Waals surface area contributed by atoms with Crippen molar-refractivity contribution in [2.45, 2.75) is 19.8 Å². The number of carbonyl (C=O) groups is 2. The minimum Gasteiger partial charge on any atom is -0.456 e. The van der Waals surface area contributed by atoms with Gasteiger partial charge in [-0.1, -0.05) is 38.1 Å². The predicted molar refractivity (Wildman–Crippen MR) is 109 cm³/mol. The van der Waals surface area contributed by atoms with Crippen molar-refractivity contribution in [2.24, 2.45) is 0 Å². The van der Waals surface area contributed by atoms with Gasteiger partial charge in [0.15, 0.2) is 11.6 Å². The number of fused-ring (bicyclic) bond motifs is 3. The third-order valence-corrected chi connectivity index (χ3v) is 6.33. The molecule has 0 atom stereocenters. The summed E-state index contributed by atoms with van der Waals surface area (Å²) in [6, 6.07) is 15.3. The van der Waals surface area contributed by atoms with E-state index in [1.54, 1.807) is 29.5 Å². The van der Waals surface area contributed by atoms with Gasteiger partial charge in [-0.05, 0) is 41.0 Å². The summed E-state index contributed by atoms with van der Waals surface area (Å²) in [5, 5.41) is 1.91. The molecule has 0 saturated heterocycles. The van der Waals surface area contributed by atoms with E-state index in [9.17, 15) is 9.59 Å². The summed E-state index contributed by atoms with van der Waals surface area (Å²) < 4.78 is 6.90. The topological polar surface area (TPSA) is 47.3 Å². The highest BCUT2D eigenvalue weighted by molar-refractivity contribution is 7.19. The van der Waals surface area contributed by atoms with Crippen LogP contribution in [-0.4, -0.2) is 11.6 Å². The molecule has 0 N–H and O–H groups in total. The van der Waals surface area contributed by atoms with Crippen molar-refractivity contribution in [3.05, 3.63) is 75.9 Å². The van der Waals surface area contributed by atoms with Gasteiger partial charge in [0.2, 0.25) is 0 Å². The molecule has 5 rings (SSSR count). The van der Waals surface area contributed by atoms with Gasteiger partial charge in [0.1, 0.15) is 11.3 Å². The van der Waals surface area contributed by atoms with E-state index >= 15 is 0 Å². The molecule has 4 aromatic rings. The van der Waals surface area contributed by atoms with E-state index in [1.165, 1.54) is 4.88 Å². The molecule has 0 amide bonds. The quantitative estimate of drug-likeness (QED) is 0.309. The second kappa shape index (κ2) is 5.76. The van der Waals surface area contributed by atoms with E-state index in [0.717, 1.165) is 21.1 Å². The molecule has 1 aliphatic carbocycles. The van der Waals surface area contributed by atoms with E-state index in [2.05, 4.69) is 13.8 Å². The van der Waals surface area contributed by atoms with Crippen LogP contribution in [0.3, 0.4) is 0 Å². The predicted octanol–water partition coefficient (Wildman–Crippen LogP) is 6.23. The molecular formula is C23H16O3S. The third-order valence-electron chi connectivity index (χ3n) is 4.97. The molecule has 4 heteroatoms. The molecule has 2 heterocycles. The Morgan fingerprint density at radius 1 is 0.926 bits per heavy atom. The molecule has 0 spiro atoms. The minimum atomic E-state index is -0.233. The van der Waals surface area contributed by atoms with Crippen LogP contribution in [-0.2, 0) is 0 Å². The van der Waals surface area contributed by atoms with Gasteiger partial charge in [-0.2, -0.15) is 0 Å². The summed E-state index contributed by atoms with van der Waals surface area (Å²) in [6.07, 6.45) is 1.58. The second-order valence-corrected chi connectivity index (χ2v) is 8.26. The summed E-state index contributed by atoms with van der Waals surface area (Å²) in [7, 11) is 0. The maximum absolute atomic E-state index is 12.8. The van der Waals surface area contributed by atoms with Crippen molar-refractivity contribution in [3.8, 4) is 0 Å². The lowest BCUT2D eigenvalue weighted by atomic mass is 10.0. The van der Waals surface area contributed by atoms with Crippen LogP contribution < -0.4 is 0 Å². The largest absolute Gasteiger partial charge is 0.456 e. The number of benzene rings is 2. The highest BCUT2D eigenvalue weighted by Gasteiger charge is 2.33. The molecule has 0 aliphatic heterocycles. The lowest BCUT2D eigenvalue weighted by Gasteiger charge is -2.00. The first kappa shape index (κ1) is 16.2. The molecule has 2 aromatic carbocycles. The first-order valence-corrected chi connectivity index (χ1v) is 9.70. The summed E-state index contributed by atoms with van der Waals surface area (Å²) in [5.41, 5.74) is 1.92. The highest BCUT2D eigenvalue weighted by atomic mass is 32.1. The summed E-state index contributed by atoms with van der Waals surface area (Å²) in [4.78, 5) is 26.9. The summed E-state index contributed by atoms with van der Waals surface area (Å²) >= 11 is 1.68. The van der Waals surface area contributed by atoms with Gasteiger partial charge in [0.05, 0.1) is 10.3 Å². The van der Waals surface area contributed by atoms with Crippen LogP contribution in [0.4, 0.5) is 0 Å². The van der Waals surface area contributed by atoms with Crippen LogP contribution in [0.1, 0.15) is 51.1 Å². The van der Waals surface area contributed by atoms with Crippen molar-refractivity contribution in [1.82, 2.24) is 0 Å².